The molecule has 2 atom stereocenters. The molecule has 0 unspecified atom stereocenters. The standard InChI is InChI=1S/C15H21NO5/c1-9-5-7-10(8-6-9)12(17)11(13(18)19)16-14(20)21-15(2,3)4/h5-8,11-12,17H,1-4H3,(H,16,20)(H,18,19)/t11-,12+/m1/s1. The summed E-state index contributed by atoms with van der Waals surface area (Å²) in [6.45, 7) is 6.88. The van der Waals surface area contributed by atoms with Gasteiger partial charge >= 0.3 is 12.1 Å². The van der Waals surface area contributed by atoms with Gasteiger partial charge in [0.15, 0.2) is 6.04 Å². The third-order valence-corrected chi connectivity index (χ3v) is 2.67. The minimum absolute atomic E-state index is 0.407. The Labute approximate surface area is 123 Å². The van der Waals surface area contributed by atoms with Crippen LogP contribution < -0.4 is 5.32 Å². The van der Waals surface area contributed by atoms with E-state index in [1.807, 2.05) is 6.92 Å². The van der Waals surface area contributed by atoms with Gasteiger partial charge in [0.25, 0.3) is 0 Å². The van der Waals surface area contributed by atoms with E-state index in [0.29, 0.717) is 5.56 Å². The summed E-state index contributed by atoms with van der Waals surface area (Å²) in [5.41, 5.74) is 0.643. The smallest absolute Gasteiger partial charge is 0.408 e. The van der Waals surface area contributed by atoms with Crippen molar-refractivity contribution in [3.05, 3.63) is 35.4 Å². The molecule has 21 heavy (non-hydrogen) atoms. The van der Waals surface area contributed by atoms with Gasteiger partial charge in [-0.1, -0.05) is 29.8 Å². The summed E-state index contributed by atoms with van der Waals surface area (Å²) in [6, 6.07) is 5.26. The number of ether oxygens (including phenoxy) is 1. The van der Waals surface area contributed by atoms with E-state index in [2.05, 4.69) is 5.32 Å². The lowest BCUT2D eigenvalue weighted by Gasteiger charge is -2.24. The number of nitrogens with one attached hydrogen (secondary N) is 1. The number of carboxylic acids is 1. The predicted octanol–water partition coefficient (Wildman–Crippen LogP) is 2.01. The molecule has 1 rings (SSSR count). The van der Waals surface area contributed by atoms with Crippen molar-refractivity contribution in [1.29, 1.82) is 0 Å². The van der Waals surface area contributed by atoms with Gasteiger partial charge in [-0.25, -0.2) is 9.59 Å². The number of aliphatic hydroxyl groups excluding tert-OH is 1. The summed E-state index contributed by atoms with van der Waals surface area (Å²) in [5, 5.41) is 21.5. The van der Waals surface area contributed by atoms with E-state index in [0.717, 1.165) is 5.56 Å². The van der Waals surface area contributed by atoms with Gasteiger partial charge in [-0.05, 0) is 33.3 Å². The van der Waals surface area contributed by atoms with Gasteiger partial charge in [0.05, 0.1) is 0 Å². The third kappa shape index (κ3) is 5.43. The van der Waals surface area contributed by atoms with Crippen LogP contribution in [0.3, 0.4) is 0 Å². The van der Waals surface area contributed by atoms with E-state index in [-0.39, 0.29) is 0 Å². The first-order valence-electron chi connectivity index (χ1n) is 6.57. The van der Waals surface area contributed by atoms with Crippen LogP contribution in [0.2, 0.25) is 0 Å². The highest BCUT2D eigenvalue weighted by molar-refractivity contribution is 5.80. The number of amides is 1. The Bertz CT molecular complexity index is 504. The first-order chi connectivity index (χ1) is 9.60. The summed E-state index contributed by atoms with van der Waals surface area (Å²) >= 11 is 0. The first kappa shape index (κ1) is 17.0. The highest BCUT2D eigenvalue weighted by atomic mass is 16.6. The summed E-state index contributed by atoms with van der Waals surface area (Å²) in [5.74, 6) is -1.34. The molecular formula is C15H21NO5. The van der Waals surface area contributed by atoms with Crippen molar-refractivity contribution in [2.75, 3.05) is 0 Å². The Morgan fingerprint density at radius 2 is 1.71 bits per heavy atom. The Morgan fingerprint density at radius 1 is 1.19 bits per heavy atom. The monoisotopic (exact) mass is 295 g/mol. The zero-order chi connectivity index (χ0) is 16.2. The van der Waals surface area contributed by atoms with Crippen molar-refractivity contribution in [3.8, 4) is 0 Å². The van der Waals surface area contributed by atoms with Crippen LogP contribution in [-0.2, 0) is 9.53 Å². The number of hydrogen-bond acceptors (Lipinski definition) is 4. The third-order valence-electron chi connectivity index (χ3n) is 2.67. The van der Waals surface area contributed by atoms with E-state index in [9.17, 15) is 19.8 Å². The summed E-state index contributed by atoms with van der Waals surface area (Å²) in [4.78, 5) is 22.9. The van der Waals surface area contributed by atoms with Crippen LogP contribution in [0.25, 0.3) is 0 Å². The largest absolute Gasteiger partial charge is 0.480 e. The molecule has 0 saturated heterocycles. The number of alkyl carbamates (subject to hydrolysis) is 1. The van der Waals surface area contributed by atoms with E-state index in [1.54, 1.807) is 45.0 Å². The Morgan fingerprint density at radius 3 is 2.14 bits per heavy atom. The fourth-order valence-corrected chi connectivity index (χ4v) is 1.67. The Balaban J connectivity index is 2.84. The van der Waals surface area contributed by atoms with Gasteiger partial charge in [-0.3, -0.25) is 0 Å². The summed E-state index contributed by atoms with van der Waals surface area (Å²) in [6.07, 6.45) is -2.25. The van der Waals surface area contributed by atoms with Crippen LogP contribution >= 0.6 is 0 Å². The fourth-order valence-electron chi connectivity index (χ4n) is 1.67. The number of aliphatic hydroxyl groups is 1. The lowest BCUT2D eigenvalue weighted by molar-refractivity contribution is -0.142. The minimum Gasteiger partial charge on any atom is -0.480 e. The number of aliphatic carboxylic acids is 1. The van der Waals surface area contributed by atoms with Gasteiger partial charge in [0.1, 0.15) is 11.7 Å². The number of hydrogen-bond donors (Lipinski definition) is 3. The van der Waals surface area contributed by atoms with Crippen LogP contribution in [0, 0.1) is 6.92 Å². The highest BCUT2D eigenvalue weighted by Gasteiger charge is 2.31. The summed E-state index contributed by atoms with van der Waals surface area (Å²) < 4.78 is 5.00. The second-order valence-corrected chi connectivity index (χ2v) is 5.82. The number of aryl methyl sites for hydroxylation is 1. The lowest BCUT2D eigenvalue weighted by atomic mass is 10.0. The maximum atomic E-state index is 11.7. The molecule has 6 heteroatoms. The van der Waals surface area contributed by atoms with E-state index >= 15 is 0 Å². The average Bonchev–Trinajstić information content (AvgIpc) is 2.33. The molecule has 0 aliphatic carbocycles. The number of carbonyl (C=O) groups is 2. The second-order valence-electron chi connectivity index (χ2n) is 5.82. The molecule has 0 aliphatic heterocycles. The molecular weight excluding hydrogens is 274 g/mol. The summed E-state index contributed by atoms with van der Waals surface area (Å²) in [7, 11) is 0. The van der Waals surface area contributed by atoms with Crippen LogP contribution in [0.4, 0.5) is 4.79 Å². The molecule has 1 aromatic rings. The second kappa shape index (κ2) is 6.58. The Hall–Kier alpha value is -2.08. The Kier molecular flexibility index (Phi) is 5.32. The number of carbonyl (C=O) groups excluding carboxylic acids is 1. The van der Waals surface area contributed by atoms with E-state index in [1.165, 1.54) is 0 Å². The van der Waals surface area contributed by atoms with Crippen molar-refractivity contribution in [2.24, 2.45) is 0 Å². The molecule has 6 nitrogen and oxygen atoms in total. The maximum absolute atomic E-state index is 11.7. The number of carboxylic acid groups (broad SMARTS) is 1. The number of benzene rings is 1. The minimum atomic E-state index is -1.48. The normalized spacial score (nSPS) is 14.1. The van der Waals surface area contributed by atoms with Gasteiger partial charge in [-0.15, -0.1) is 0 Å². The molecule has 0 saturated carbocycles. The highest BCUT2D eigenvalue weighted by Crippen LogP contribution is 2.18. The van der Waals surface area contributed by atoms with Gasteiger partial charge < -0.3 is 20.3 Å². The zero-order valence-corrected chi connectivity index (χ0v) is 12.6. The molecule has 1 amide bonds. The van der Waals surface area contributed by atoms with Crippen molar-refractivity contribution < 1.29 is 24.5 Å². The SMILES string of the molecule is Cc1ccc([C@H](O)[C@@H](NC(=O)OC(C)(C)C)C(=O)O)cc1. The zero-order valence-electron chi connectivity index (χ0n) is 12.6. The first-order valence-corrected chi connectivity index (χ1v) is 6.57. The van der Waals surface area contributed by atoms with Gasteiger partial charge in [0, 0.05) is 0 Å². The van der Waals surface area contributed by atoms with Crippen molar-refractivity contribution >= 4 is 12.1 Å². The topological polar surface area (TPSA) is 95.9 Å². The molecule has 1 aromatic carbocycles. The quantitative estimate of drug-likeness (QED) is 0.789. The molecule has 0 radical (unpaired) electrons. The number of rotatable bonds is 4. The van der Waals surface area contributed by atoms with Crippen LogP contribution in [0.5, 0.6) is 0 Å². The van der Waals surface area contributed by atoms with Gasteiger partial charge in [-0.2, -0.15) is 0 Å². The molecule has 0 fully saturated rings. The lowest BCUT2D eigenvalue weighted by Crippen LogP contribution is -2.46. The van der Waals surface area contributed by atoms with E-state index in [4.69, 9.17) is 4.74 Å². The van der Waals surface area contributed by atoms with Crippen molar-refractivity contribution in [2.45, 2.75) is 45.4 Å². The molecule has 116 valence electrons. The molecule has 0 aromatic heterocycles. The fraction of sp³-hybridized carbons (Fsp3) is 0.467. The van der Waals surface area contributed by atoms with Crippen LogP contribution in [0.1, 0.15) is 38.0 Å². The van der Waals surface area contributed by atoms with Crippen molar-refractivity contribution in [3.63, 3.8) is 0 Å². The van der Waals surface area contributed by atoms with Gasteiger partial charge in [0.2, 0.25) is 0 Å². The van der Waals surface area contributed by atoms with Crippen LogP contribution in [0.15, 0.2) is 24.3 Å². The molecule has 0 bridgehead atoms. The van der Waals surface area contributed by atoms with Crippen LogP contribution in [-0.4, -0.2) is 33.9 Å². The molecule has 0 heterocycles. The maximum Gasteiger partial charge on any atom is 0.408 e. The average molecular weight is 295 g/mol. The predicted molar refractivity (Wildman–Crippen MR) is 76.9 cm³/mol. The van der Waals surface area contributed by atoms with E-state index < -0.39 is 29.8 Å². The molecule has 3 N–H and O–H groups in total. The molecule has 0 aliphatic rings. The molecule has 0 spiro atoms. The van der Waals surface area contributed by atoms with Crippen molar-refractivity contribution in [1.82, 2.24) is 5.32 Å².